The number of hydrogen-bond acceptors (Lipinski definition) is 2. The van der Waals surface area contributed by atoms with Gasteiger partial charge in [-0.05, 0) is 28.7 Å². The van der Waals surface area contributed by atoms with Gasteiger partial charge in [-0.25, -0.2) is 0 Å². The molecule has 0 bridgehead atoms. The fraction of sp³-hybridized carbons (Fsp3) is 0.263. The molecular formula is C19H19NO2. The van der Waals surface area contributed by atoms with Crippen molar-refractivity contribution in [1.29, 1.82) is 0 Å². The third-order valence-electron chi connectivity index (χ3n) is 4.04. The Labute approximate surface area is 130 Å². The molecule has 1 aliphatic rings. The number of carbonyl (C=O) groups is 2. The third kappa shape index (κ3) is 2.43. The summed E-state index contributed by atoms with van der Waals surface area (Å²) >= 11 is 0. The molecule has 0 fully saturated rings. The highest BCUT2D eigenvalue weighted by molar-refractivity contribution is 6.21. The summed E-state index contributed by atoms with van der Waals surface area (Å²) in [6.07, 6.45) is 0. The first-order valence-electron chi connectivity index (χ1n) is 7.42. The summed E-state index contributed by atoms with van der Waals surface area (Å²) in [7, 11) is 0. The molecule has 0 unspecified atom stereocenters. The van der Waals surface area contributed by atoms with Crippen molar-refractivity contribution in [2.45, 2.75) is 32.7 Å². The second-order valence-electron chi connectivity index (χ2n) is 6.69. The van der Waals surface area contributed by atoms with Crippen molar-refractivity contribution in [2.75, 3.05) is 0 Å². The minimum Gasteiger partial charge on any atom is -0.270 e. The van der Waals surface area contributed by atoms with E-state index in [4.69, 9.17) is 0 Å². The quantitative estimate of drug-likeness (QED) is 0.790. The van der Waals surface area contributed by atoms with E-state index in [2.05, 4.69) is 32.9 Å². The zero-order chi connectivity index (χ0) is 15.9. The highest BCUT2D eigenvalue weighted by Crippen LogP contribution is 2.26. The number of carbonyl (C=O) groups excluding carboxylic acids is 2. The molecule has 0 spiro atoms. The lowest BCUT2D eigenvalue weighted by molar-refractivity contribution is 0.0642. The first-order valence-corrected chi connectivity index (χ1v) is 7.42. The molecule has 2 amide bonds. The van der Waals surface area contributed by atoms with Gasteiger partial charge in [-0.2, -0.15) is 0 Å². The number of benzene rings is 2. The predicted octanol–water partition coefficient (Wildman–Crippen LogP) is 3.78. The number of fused-ring (bicyclic) bond motifs is 1. The van der Waals surface area contributed by atoms with Crippen LogP contribution >= 0.6 is 0 Å². The first kappa shape index (κ1) is 14.5. The van der Waals surface area contributed by atoms with E-state index in [0.29, 0.717) is 17.7 Å². The molecule has 22 heavy (non-hydrogen) atoms. The molecular weight excluding hydrogens is 274 g/mol. The zero-order valence-corrected chi connectivity index (χ0v) is 13.1. The SMILES string of the molecule is CC(C)(C)c1ccc(CN2C(=O)c3ccccc3C2=O)cc1. The average Bonchev–Trinajstić information content (AvgIpc) is 2.73. The van der Waals surface area contributed by atoms with E-state index in [1.807, 2.05) is 12.1 Å². The Morgan fingerprint density at radius 1 is 0.818 bits per heavy atom. The van der Waals surface area contributed by atoms with E-state index in [1.54, 1.807) is 24.3 Å². The molecule has 3 heteroatoms. The van der Waals surface area contributed by atoms with Crippen molar-refractivity contribution < 1.29 is 9.59 Å². The molecule has 0 radical (unpaired) electrons. The summed E-state index contributed by atoms with van der Waals surface area (Å²) in [4.78, 5) is 26.0. The van der Waals surface area contributed by atoms with Gasteiger partial charge in [-0.1, -0.05) is 57.2 Å². The molecule has 0 atom stereocenters. The standard InChI is InChI=1S/C19H19NO2/c1-19(2,3)14-10-8-13(9-11-14)12-20-17(21)15-6-4-5-7-16(15)18(20)22/h4-11H,12H2,1-3H3. The maximum absolute atomic E-state index is 12.3. The molecule has 0 saturated carbocycles. The summed E-state index contributed by atoms with van der Waals surface area (Å²) in [6.45, 7) is 6.79. The van der Waals surface area contributed by atoms with Gasteiger partial charge in [0.1, 0.15) is 0 Å². The zero-order valence-electron chi connectivity index (χ0n) is 13.1. The van der Waals surface area contributed by atoms with Gasteiger partial charge in [0.25, 0.3) is 11.8 Å². The molecule has 0 N–H and O–H groups in total. The molecule has 1 heterocycles. The fourth-order valence-electron chi connectivity index (χ4n) is 2.68. The minimum atomic E-state index is -0.208. The lowest BCUT2D eigenvalue weighted by Crippen LogP contribution is -2.29. The largest absolute Gasteiger partial charge is 0.270 e. The van der Waals surface area contributed by atoms with Gasteiger partial charge in [-0.3, -0.25) is 14.5 Å². The van der Waals surface area contributed by atoms with Gasteiger partial charge in [0.15, 0.2) is 0 Å². The smallest absolute Gasteiger partial charge is 0.261 e. The van der Waals surface area contributed by atoms with Crippen LogP contribution in [0.1, 0.15) is 52.6 Å². The van der Waals surface area contributed by atoms with Crippen LogP contribution in [0.15, 0.2) is 48.5 Å². The Bertz CT molecular complexity index is 704. The van der Waals surface area contributed by atoms with Crippen molar-refractivity contribution in [3.05, 3.63) is 70.8 Å². The highest BCUT2D eigenvalue weighted by Gasteiger charge is 2.34. The summed E-state index contributed by atoms with van der Waals surface area (Å²) in [5, 5.41) is 0. The van der Waals surface area contributed by atoms with Crippen molar-refractivity contribution in [3.8, 4) is 0 Å². The lowest BCUT2D eigenvalue weighted by atomic mass is 9.87. The van der Waals surface area contributed by atoms with Crippen LogP contribution in [-0.2, 0) is 12.0 Å². The van der Waals surface area contributed by atoms with E-state index < -0.39 is 0 Å². The number of rotatable bonds is 2. The monoisotopic (exact) mass is 293 g/mol. The van der Waals surface area contributed by atoms with E-state index in [9.17, 15) is 9.59 Å². The van der Waals surface area contributed by atoms with Crippen LogP contribution in [0.3, 0.4) is 0 Å². The van der Waals surface area contributed by atoms with E-state index in [0.717, 1.165) is 5.56 Å². The van der Waals surface area contributed by atoms with Gasteiger partial charge < -0.3 is 0 Å². The average molecular weight is 293 g/mol. The molecule has 2 aromatic rings. The van der Waals surface area contributed by atoms with Gasteiger partial charge in [-0.15, -0.1) is 0 Å². The topological polar surface area (TPSA) is 37.4 Å². The van der Waals surface area contributed by atoms with Crippen LogP contribution in [0.4, 0.5) is 0 Å². The van der Waals surface area contributed by atoms with Crippen molar-refractivity contribution >= 4 is 11.8 Å². The van der Waals surface area contributed by atoms with E-state index in [-0.39, 0.29) is 17.2 Å². The summed E-state index contributed by atoms with van der Waals surface area (Å²) in [5.74, 6) is -0.416. The van der Waals surface area contributed by atoms with E-state index in [1.165, 1.54) is 10.5 Å². The predicted molar refractivity (Wildman–Crippen MR) is 85.8 cm³/mol. The molecule has 3 rings (SSSR count). The minimum absolute atomic E-state index is 0.0913. The molecule has 2 aromatic carbocycles. The molecule has 0 aromatic heterocycles. The Balaban J connectivity index is 1.83. The highest BCUT2D eigenvalue weighted by atomic mass is 16.2. The lowest BCUT2D eigenvalue weighted by Gasteiger charge is -2.20. The van der Waals surface area contributed by atoms with Crippen LogP contribution in [0, 0.1) is 0 Å². The second-order valence-corrected chi connectivity index (χ2v) is 6.69. The molecule has 112 valence electrons. The summed E-state index contributed by atoms with van der Waals surface area (Å²) in [5.41, 5.74) is 3.28. The van der Waals surface area contributed by atoms with Gasteiger partial charge >= 0.3 is 0 Å². The van der Waals surface area contributed by atoms with Crippen LogP contribution in [0.2, 0.25) is 0 Å². The molecule has 0 aliphatic carbocycles. The number of imide groups is 1. The number of nitrogens with zero attached hydrogens (tertiary/aromatic N) is 1. The molecule has 0 saturated heterocycles. The van der Waals surface area contributed by atoms with Gasteiger partial charge in [0.2, 0.25) is 0 Å². The third-order valence-corrected chi connectivity index (χ3v) is 4.04. The Hall–Kier alpha value is -2.42. The van der Waals surface area contributed by atoms with Crippen LogP contribution in [0.5, 0.6) is 0 Å². The Kier molecular flexibility index (Phi) is 3.36. The van der Waals surface area contributed by atoms with Crippen molar-refractivity contribution in [1.82, 2.24) is 4.90 Å². The summed E-state index contributed by atoms with van der Waals surface area (Å²) < 4.78 is 0. The number of amides is 2. The Morgan fingerprint density at radius 3 is 1.77 bits per heavy atom. The van der Waals surface area contributed by atoms with Crippen LogP contribution < -0.4 is 0 Å². The van der Waals surface area contributed by atoms with Gasteiger partial charge in [0.05, 0.1) is 17.7 Å². The fourth-order valence-corrected chi connectivity index (χ4v) is 2.68. The molecule has 3 nitrogen and oxygen atoms in total. The molecule has 1 aliphatic heterocycles. The van der Waals surface area contributed by atoms with Crippen molar-refractivity contribution in [2.24, 2.45) is 0 Å². The van der Waals surface area contributed by atoms with E-state index >= 15 is 0 Å². The normalized spacial score (nSPS) is 14.4. The second kappa shape index (κ2) is 5.09. The van der Waals surface area contributed by atoms with Crippen molar-refractivity contribution in [3.63, 3.8) is 0 Å². The summed E-state index contributed by atoms with van der Waals surface area (Å²) in [6, 6.07) is 15.1. The van der Waals surface area contributed by atoms with Gasteiger partial charge in [0, 0.05) is 0 Å². The maximum atomic E-state index is 12.3. The van der Waals surface area contributed by atoms with Crippen LogP contribution in [0.25, 0.3) is 0 Å². The maximum Gasteiger partial charge on any atom is 0.261 e. The van der Waals surface area contributed by atoms with Crippen LogP contribution in [-0.4, -0.2) is 16.7 Å². The number of hydrogen-bond donors (Lipinski definition) is 0. The first-order chi connectivity index (χ1) is 10.4. The Morgan fingerprint density at radius 2 is 1.32 bits per heavy atom.